The zero-order valence-electron chi connectivity index (χ0n) is 4.36. The summed E-state index contributed by atoms with van der Waals surface area (Å²) in [6.45, 7) is 0.648. The number of amidine groups is 1. The second kappa shape index (κ2) is 1.83. The van der Waals surface area contributed by atoms with Gasteiger partial charge in [0.25, 0.3) is 0 Å². The van der Waals surface area contributed by atoms with Crippen molar-refractivity contribution in [1.29, 1.82) is 5.41 Å². The van der Waals surface area contributed by atoms with Crippen LogP contribution in [0.1, 0.15) is 0 Å². The van der Waals surface area contributed by atoms with Crippen LogP contribution >= 0.6 is 0 Å². The second-order valence-corrected chi connectivity index (χ2v) is 1.58. The topological polar surface area (TPSA) is 73.9 Å². The van der Waals surface area contributed by atoms with Crippen LogP contribution in [-0.2, 0) is 0 Å². The lowest BCUT2D eigenvalue weighted by molar-refractivity contribution is 0.725. The minimum absolute atomic E-state index is 0.127. The van der Waals surface area contributed by atoms with E-state index in [0.29, 0.717) is 6.54 Å². The van der Waals surface area contributed by atoms with E-state index in [2.05, 4.69) is 10.9 Å². The fourth-order valence-electron chi connectivity index (χ4n) is 0.508. The van der Waals surface area contributed by atoms with Crippen LogP contribution in [0.15, 0.2) is 11.8 Å². The highest BCUT2D eigenvalue weighted by Gasteiger charge is 2.03. The Labute approximate surface area is 47.2 Å². The van der Waals surface area contributed by atoms with Gasteiger partial charge in [0, 0.05) is 18.3 Å². The molecule has 4 heteroatoms. The Hall–Kier alpha value is -1.03. The van der Waals surface area contributed by atoms with Crippen molar-refractivity contribution in [1.82, 2.24) is 10.9 Å². The first-order chi connectivity index (χ1) is 3.80. The average Bonchev–Trinajstić information content (AvgIpc) is 2.12. The third-order valence-corrected chi connectivity index (χ3v) is 0.973. The van der Waals surface area contributed by atoms with Crippen LogP contribution < -0.4 is 16.6 Å². The summed E-state index contributed by atoms with van der Waals surface area (Å²) in [4.78, 5) is 0. The van der Waals surface area contributed by atoms with Crippen molar-refractivity contribution in [2.24, 2.45) is 5.73 Å². The normalized spacial score (nSPS) is 17.2. The molecule has 0 fully saturated rings. The standard InChI is InChI=1S/C4H8N4/c5-4(6)3-1-7-8-2-3/h1,7-8H,2H2,(H3,5,6). The molecule has 0 aromatic heterocycles. The highest BCUT2D eigenvalue weighted by Crippen LogP contribution is 1.91. The van der Waals surface area contributed by atoms with E-state index in [1.165, 1.54) is 0 Å². The van der Waals surface area contributed by atoms with E-state index in [-0.39, 0.29) is 5.84 Å². The van der Waals surface area contributed by atoms with E-state index in [0.717, 1.165) is 5.57 Å². The fourth-order valence-corrected chi connectivity index (χ4v) is 0.508. The highest BCUT2D eigenvalue weighted by atomic mass is 15.4. The first kappa shape index (κ1) is 5.11. The fraction of sp³-hybridized carbons (Fsp3) is 0.250. The molecule has 5 N–H and O–H groups in total. The van der Waals surface area contributed by atoms with Gasteiger partial charge in [-0.25, -0.2) is 5.43 Å². The van der Waals surface area contributed by atoms with Crippen LogP contribution in [0.25, 0.3) is 0 Å². The maximum absolute atomic E-state index is 6.92. The van der Waals surface area contributed by atoms with Crippen molar-refractivity contribution < 1.29 is 0 Å². The van der Waals surface area contributed by atoms with E-state index in [9.17, 15) is 0 Å². The Bertz CT molecular complexity index is 137. The highest BCUT2D eigenvalue weighted by molar-refractivity contribution is 5.94. The summed E-state index contributed by atoms with van der Waals surface area (Å²) >= 11 is 0. The van der Waals surface area contributed by atoms with Gasteiger partial charge >= 0.3 is 0 Å². The van der Waals surface area contributed by atoms with Gasteiger partial charge in [0.2, 0.25) is 0 Å². The molecule has 1 rings (SSSR count). The largest absolute Gasteiger partial charge is 0.384 e. The van der Waals surface area contributed by atoms with Crippen LogP contribution in [0.2, 0.25) is 0 Å². The quantitative estimate of drug-likeness (QED) is 0.257. The van der Waals surface area contributed by atoms with Gasteiger partial charge in [0.05, 0.1) is 0 Å². The molecule has 0 saturated carbocycles. The molecule has 0 radical (unpaired) electrons. The Morgan fingerprint density at radius 2 is 2.62 bits per heavy atom. The Morgan fingerprint density at radius 3 is 2.88 bits per heavy atom. The Kier molecular flexibility index (Phi) is 1.17. The van der Waals surface area contributed by atoms with Gasteiger partial charge in [0.1, 0.15) is 5.84 Å². The molecule has 1 aliphatic rings. The van der Waals surface area contributed by atoms with Crippen LogP contribution in [0.3, 0.4) is 0 Å². The lowest BCUT2D eigenvalue weighted by Crippen LogP contribution is -2.22. The molecular weight excluding hydrogens is 104 g/mol. The van der Waals surface area contributed by atoms with E-state index in [1.54, 1.807) is 6.20 Å². The lowest BCUT2D eigenvalue weighted by atomic mass is 10.3. The molecule has 1 aliphatic heterocycles. The third-order valence-electron chi connectivity index (χ3n) is 0.973. The minimum Gasteiger partial charge on any atom is -0.384 e. The smallest absolute Gasteiger partial charge is 0.121 e. The first-order valence-corrected chi connectivity index (χ1v) is 2.32. The maximum Gasteiger partial charge on any atom is 0.121 e. The van der Waals surface area contributed by atoms with E-state index < -0.39 is 0 Å². The van der Waals surface area contributed by atoms with Crippen molar-refractivity contribution in [3.63, 3.8) is 0 Å². The van der Waals surface area contributed by atoms with Crippen LogP contribution in [0.5, 0.6) is 0 Å². The Balaban J connectivity index is 2.57. The summed E-state index contributed by atoms with van der Waals surface area (Å²) in [7, 11) is 0. The zero-order valence-corrected chi connectivity index (χ0v) is 4.36. The molecule has 0 aromatic carbocycles. The molecule has 0 bridgehead atoms. The van der Waals surface area contributed by atoms with Gasteiger partial charge in [-0.2, -0.15) is 0 Å². The molecule has 1 heterocycles. The number of nitrogens with two attached hydrogens (primary N) is 1. The SMILES string of the molecule is N=C(N)C1=CNNC1. The average molecular weight is 112 g/mol. The molecule has 0 saturated heterocycles. The number of hydrazine groups is 1. The number of rotatable bonds is 1. The molecule has 0 amide bonds. The second-order valence-electron chi connectivity index (χ2n) is 1.58. The van der Waals surface area contributed by atoms with Crippen LogP contribution in [0.4, 0.5) is 0 Å². The third kappa shape index (κ3) is 0.788. The summed E-state index contributed by atoms with van der Waals surface area (Å²) in [5.74, 6) is 0.127. The summed E-state index contributed by atoms with van der Waals surface area (Å²) < 4.78 is 0. The molecule has 0 atom stereocenters. The number of hydrogen-bond donors (Lipinski definition) is 4. The van der Waals surface area contributed by atoms with Crippen LogP contribution in [0, 0.1) is 5.41 Å². The van der Waals surface area contributed by atoms with Crippen molar-refractivity contribution in [2.75, 3.05) is 6.54 Å². The summed E-state index contributed by atoms with van der Waals surface area (Å²) in [6, 6.07) is 0. The predicted octanol–water partition coefficient (Wildman–Crippen LogP) is -1.09. The van der Waals surface area contributed by atoms with Gasteiger partial charge in [-0.1, -0.05) is 0 Å². The first-order valence-electron chi connectivity index (χ1n) is 2.32. The molecule has 0 unspecified atom stereocenters. The predicted molar refractivity (Wildman–Crippen MR) is 31.1 cm³/mol. The van der Waals surface area contributed by atoms with Crippen molar-refractivity contribution in [3.05, 3.63) is 11.8 Å². The summed E-state index contributed by atoms with van der Waals surface area (Å²) in [5.41, 5.74) is 11.5. The molecular formula is C4H8N4. The van der Waals surface area contributed by atoms with Gasteiger partial charge in [-0.05, 0) is 0 Å². The molecule has 0 aromatic rings. The summed E-state index contributed by atoms with van der Waals surface area (Å²) in [6.07, 6.45) is 1.68. The lowest BCUT2D eigenvalue weighted by Gasteiger charge is -1.91. The molecule has 0 aliphatic carbocycles. The number of nitrogens with one attached hydrogen (secondary N) is 3. The van der Waals surface area contributed by atoms with Gasteiger partial charge in [-0.15, -0.1) is 0 Å². The van der Waals surface area contributed by atoms with Crippen molar-refractivity contribution in [3.8, 4) is 0 Å². The van der Waals surface area contributed by atoms with Gasteiger partial charge in [-0.3, -0.25) is 5.41 Å². The van der Waals surface area contributed by atoms with E-state index in [4.69, 9.17) is 11.1 Å². The molecule has 44 valence electrons. The van der Waals surface area contributed by atoms with Crippen molar-refractivity contribution in [2.45, 2.75) is 0 Å². The minimum atomic E-state index is 0.127. The Morgan fingerprint density at radius 1 is 1.88 bits per heavy atom. The summed E-state index contributed by atoms with van der Waals surface area (Å²) in [5, 5.41) is 6.92. The maximum atomic E-state index is 6.92. The molecule has 8 heavy (non-hydrogen) atoms. The van der Waals surface area contributed by atoms with Gasteiger partial charge in [0.15, 0.2) is 0 Å². The zero-order chi connectivity index (χ0) is 5.98. The van der Waals surface area contributed by atoms with Crippen molar-refractivity contribution >= 4 is 5.84 Å². The molecule has 4 nitrogen and oxygen atoms in total. The number of hydrogen-bond acceptors (Lipinski definition) is 3. The van der Waals surface area contributed by atoms with Crippen LogP contribution in [-0.4, -0.2) is 12.4 Å². The molecule has 0 spiro atoms. The van der Waals surface area contributed by atoms with E-state index >= 15 is 0 Å². The monoisotopic (exact) mass is 112 g/mol. The van der Waals surface area contributed by atoms with E-state index in [1.807, 2.05) is 0 Å². The van der Waals surface area contributed by atoms with Gasteiger partial charge < -0.3 is 11.2 Å².